The van der Waals surface area contributed by atoms with Crippen molar-refractivity contribution < 1.29 is 5.11 Å². The molecule has 1 N–H and O–H groups in total. The third-order valence-electron chi connectivity index (χ3n) is 3.61. The molecule has 16 heavy (non-hydrogen) atoms. The van der Waals surface area contributed by atoms with Crippen LogP contribution in [0.5, 0.6) is 5.75 Å². The summed E-state index contributed by atoms with van der Waals surface area (Å²) in [6.45, 7) is 9.12. The highest BCUT2D eigenvalue weighted by molar-refractivity contribution is 5.30. The molecule has 0 radical (unpaired) electrons. The number of hydrogen-bond acceptors (Lipinski definition) is 1. The largest absolute Gasteiger partial charge is 0.508 e. The monoisotopic (exact) mass is 220 g/mol. The smallest absolute Gasteiger partial charge is 0.115 e. The molecule has 0 saturated carbocycles. The minimum atomic E-state index is 0.205. The van der Waals surface area contributed by atoms with E-state index in [9.17, 15) is 5.11 Å². The molecule has 0 aromatic heterocycles. The van der Waals surface area contributed by atoms with Crippen LogP contribution < -0.4 is 0 Å². The summed E-state index contributed by atoms with van der Waals surface area (Å²) in [4.78, 5) is 0. The highest BCUT2D eigenvalue weighted by Crippen LogP contribution is 2.31. The zero-order chi connectivity index (χ0) is 12.2. The first-order chi connectivity index (χ1) is 7.45. The fourth-order valence-corrected chi connectivity index (χ4v) is 1.87. The molecule has 0 aliphatic carbocycles. The molecule has 0 aliphatic heterocycles. The van der Waals surface area contributed by atoms with Crippen molar-refractivity contribution in [3.63, 3.8) is 0 Å². The molecule has 1 rings (SSSR count). The van der Waals surface area contributed by atoms with Crippen LogP contribution in [0.25, 0.3) is 0 Å². The van der Waals surface area contributed by atoms with Crippen LogP contribution in [-0.4, -0.2) is 5.11 Å². The number of aromatic hydroxyl groups is 1. The van der Waals surface area contributed by atoms with E-state index in [1.165, 1.54) is 24.8 Å². The third kappa shape index (κ3) is 3.55. The molecule has 0 saturated heterocycles. The summed E-state index contributed by atoms with van der Waals surface area (Å²) in [7, 11) is 0. The van der Waals surface area contributed by atoms with E-state index >= 15 is 0 Å². The highest BCUT2D eigenvalue weighted by Gasteiger charge is 2.20. The number of phenols is 1. The SMILES string of the molecule is CCC(C)CCC(C)(C)c1ccc(O)cc1. The lowest BCUT2D eigenvalue weighted by atomic mass is 9.78. The van der Waals surface area contributed by atoms with Crippen molar-refractivity contribution in [3.8, 4) is 5.75 Å². The Balaban J connectivity index is 2.66. The summed E-state index contributed by atoms with van der Waals surface area (Å²) in [5.74, 6) is 1.15. The maximum atomic E-state index is 9.28. The van der Waals surface area contributed by atoms with Gasteiger partial charge in [-0.05, 0) is 41.9 Å². The summed E-state index contributed by atoms with van der Waals surface area (Å²) < 4.78 is 0. The predicted octanol–water partition coefficient (Wildman–Crippen LogP) is 4.50. The molecular formula is C15H24O. The third-order valence-corrected chi connectivity index (χ3v) is 3.61. The standard InChI is InChI=1S/C15H24O/c1-5-12(2)10-11-15(3,4)13-6-8-14(16)9-7-13/h6-9,12,16H,5,10-11H2,1-4H3. The molecule has 1 heteroatoms. The average Bonchev–Trinajstić information content (AvgIpc) is 2.26. The number of phenolic OH excluding ortho intramolecular Hbond substituents is 1. The molecule has 1 nitrogen and oxygen atoms in total. The van der Waals surface area contributed by atoms with Gasteiger partial charge in [0.15, 0.2) is 0 Å². The maximum absolute atomic E-state index is 9.28. The van der Waals surface area contributed by atoms with E-state index in [0.29, 0.717) is 5.75 Å². The van der Waals surface area contributed by atoms with Crippen LogP contribution in [-0.2, 0) is 5.41 Å². The van der Waals surface area contributed by atoms with Crippen molar-refractivity contribution >= 4 is 0 Å². The zero-order valence-electron chi connectivity index (χ0n) is 11.0. The molecule has 0 fully saturated rings. The van der Waals surface area contributed by atoms with E-state index < -0.39 is 0 Å². The summed E-state index contributed by atoms with van der Waals surface area (Å²) in [6, 6.07) is 7.62. The van der Waals surface area contributed by atoms with Crippen LogP contribution in [0.3, 0.4) is 0 Å². The minimum absolute atomic E-state index is 0.205. The van der Waals surface area contributed by atoms with Gasteiger partial charge in [-0.25, -0.2) is 0 Å². The number of hydrogen-bond donors (Lipinski definition) is 1. The summed E-state index contributed by atoms with van der Waals surface area (Å²) in [6.07, 6.45) is 3.73. The van der Waals surface area contributed by atoms with Gasteiger partial charge in [0.25, 0.3) is 0 Å². The minimum Gasteiger partial charge on any atom is -0.508 e. The second-order valence-electron chi connectivity index (χ2n) is 5.48. The first kappa shape index (κ1) is 13.1. The Kier molecular flexibility index (Phi) is 4.40. The number of rotatable bonds is 5. The van der Waals surface area contributed by atoms with Crippen LogP contribution in [0, 0.1) is 5.92 Å². The molecule has 1 aromatic carbocycles. The Morgan fingerprint density at radius 3 is 2.25 bits per heavy atom. The van der Waals surface area contributed by atoms with Gasteiger partial charge in [0, 0.05) is 0 Å². The van der Waals surface area contributed by atoms with Crippen molar-refractivity contribution in [3.05, 3.63) is 29.8 Å². The fraction of sp³-hybridized carbons (Fsp3) is 0.600. The van der Waals surface area contributed by atoms with Gasteiger partial charge in [-0.1, -0.05) is 46.2 Å². The summed E-state index contributed by atoms with van der Waals surface area (Å²) in [5.41, 5.74) is 1.52. The highest BCUT2D eigenvalue weighted by atomic mass is 16.3. The summed E-state index contributed by atoms with van der Waals surface area (Å²) >= 11 is 0. The molecule has 0 amide bonds. The van der Waals surface area contributed by atoms with Gasteiger partial charge < -0.3 is 5.11 Å². The molecule has 90 valence electrons. The topological polar surface area (TPSA) is 20.2 Å². The van der Waals surface area contributed by atoms with Crippen molar-refractivity contribution in [2.45, 2.75) is 52.4 Å². The van der Waals surface area contributed by atoms with Gasteiger partial charge in [-0.2, -0.15) is 0 Å². The Morgan fingerprint density at radius 1 is 1.19 bits per heavy atom. The Hall–Kier alpha value is -0.980. The quantitative estimate of drug-likeness (QED) is 0.774. The van der Waals surface area contributed by atoms with Crippen LogP contribution in [0.1, 0.15) is 52.5 Å². The first-order valence-electron chi connectivity index (χ1n) is 6.25. The van der Waals surface area contributed by atoms with E-state index in [2.05, 4.69) is 27.7 Å². The normalized spacial score (nSPS) is 13.8. The molecule has 0 spiro atoms. The second-order valence-corrected chi connectivity index (χ2v) is 5.48. The van der Waals surface area contributed by atoms with Gasteiger partial charge in [0.2, 0.25) is 0 Å². The van der Waals surface area contributed by atoms with Gasteiger partial charge in [0.05, 0.1) is 0 Å². The molecule has 0 aliphatic rings. The summed E-state index contributed by atoms with van der Waals surface area (Å²) in [5, 5.41) is 9.28. The van der Waals surface area contributed by atoms with E-state index in [0.717, 1.165) is 5.92 Å². The Bertz CT molecular complexity index is 311. The van der Waals surface area contributed by atoms with E-state index in [-0.39, 0.29) is 5.41 Å². The Morgan fingerprint density at radius 2 is 1.75 bits per heavy atom. The molecular weight excluding hydrogens is 196 g/mol. The molecule has 1 unspecified atom stereocenters. The predicted molar refractivity (Wildman–Crippen MR) is 69.8 cm³/mol. The lowest BCUT2D eigenvalue weighted by Crippen LogP contribution is -2.18. The van der Waals surface area contributed by atoms with Crippen LogP contribution >= 0.6 is 0 Å². The van der Waals surface area contributed by atoms with Gasteiger partial charge in [-0.3, -0.25) is 0 Å². The second kappa shape index (κ2) is 5.38. The van der Waals surface area contributed by atoms with E-state index in [4.69, 9.17) is 0 Å². The fourth-order valence-electron chi connectivity index (χ4n) is 1.87. The van der Waals surface area contributed by atoms with Crippen molar-refractivity contribution in [1.29, 1.82) is 0 Å². The zero-order valence-corrected chi connectivity index (χ0v) is 11.0. The lowest BCUT2D eigenvalue weighted by Gasteiger charge is -2.26. The van der Waals surface area contributed by atoms with Crippen LogP contribution in [0.4, 0.5) is 0 Å². The van der Waals surface area contributed by atoms with Crippen LogP contribution in [0.15, 0.2) is 24.3 Å². The van der Waals surface area contributed by atoms with Crippen molar-refractivity contribution in [2.24, 2.45) is 5.92 Å². The van der Waals surface area contributed by atoms with Gasteiger partial charge in [-0.15, -0.1) is 0 Å². The first-order valence-corrected chi connectivity index (χ1v) is 6.25. The molecule has 0 heterocycles. The van der Waals surface area contributed by atoms with E-state index in [1.54, 1.807) is 12.1 Å². The molecule has 1 atom stereocenters. The van der Waals surface area contributed by atoms with Crippen molar-refractivity contribution in [2.75, 3.05) is 0 Å². The maximum Gasteiger partial charge on any atom is 0.115 e. The van der Waals surface area contributed by atoms with Crippen molar-refractivity contribution in [1.82, 2.24) is 0 Å². The van der Waals surface area contributed by atoms with Gasteiger partial charge in [0.1, 0.15) is 5.75 Å². The Labute approximate surface area is 99.5 Å². The van der Waals surface area contributed by atoms with Gasteiger partial charge >= 0.3 is 0 Å². The molecule has 1 aromatic rings. The number of benzene rings is 1. The average molecular weight is 220 g/mol. The van der Waals surface area contributed by atoms with Crippen LogP contribution in [0.2, 0.25) is 0 Å². The molecule has 0 bridgehead atoms. The lowest BCUT2D eigenvalue weighted by molar-refractivity contribution is 0.393. The van der Waals surface area contributed by atoms with E-state index in [1.807, 2.05) is 12.1 Å².